The Labute approximate surface area is 142 Å². The second-order valence-corrected chi connectivity index (χ2v) is 5.91. The quantitative estimate of drug-likeness (QED) is 0.671. The third kappa shape index (κ3) is 2.22. The lowest BCUT2D eigenvalue weighted by Gasteiger charge is -2.12. The van der Waals surface area contributed by atoms with E-state index >= 15 is 0 Å². The van der Waals surface area contributed by atoms with Gasteiger partial charge in [-0.3, -0.25) is 9.59 Å². The molecular formula is C19H13NO5. The molecule has 0 radical (unpaired) electrons. The number of carbonyl (C=O) groups is 3. The van der Waals surface area contributed by atoms with E-state index in [0.29, 0.717) is 16.0 Å². The van der Waals surface area contributed by atoms with Crippen molar-refractivity contribution >= 4 is 28.8 Å². The molecular weight excluding hydrogens is 322 g/mol. The number of hydrogen-bond acceptors (Lipinski definition) is 5. The molecule has 1 aliphatic heterocycles. The smallest absolute Gasteiger partial charge is 0.367 e. The maximum Gasteiger partial charge on any atom is 0.367 e. The summed E-state index contributed by atoms with van der Waals surface area (Å²) in [4.78, 5) is 42.1. The van der Waals surface area contributed by atoms with Crippen LogP contribution < -0.4 is 0 Å². The number of amides is 2. The molecule has 0 aliphatic carbocycles. The summed E-state index contributed by atoms with van der Waals surface area (Å²) >= 11 is 0. The molecule has 4 rings (SSSR count). The van der Waals surface area contributed by atoms with Gasteiger partial charge in [-0.15, -0.1) is 0 Å². The maximum absolute atomic E-state index is 12.5. The van der Waals surface area contributed by atoms with Crippen LogP contribution in [0.25, 0.3) is 11.0 Å². The van der Waals surface area contributed by atoms with Crippen LogP contribution in [-0.2, 0) is 4.84 Å². The van der Waals surface area contributed by atoms with Gasteiger partial charge in [0.25, 0.3) is 11.8 Å². The molecule has 0 saturated carbocycles. The van der Waals surface area contributed by atoms with Gasteiger partial charge in [-0.2, -0.15) is 0 Å². The summed E-state index contributed by atoms with van der Waals surface area (Å²) < 4.78 is 5.40. The van der Waals surface area contributed by atoms with Crippen molar-refractivity contribution < 1.29 is 23.6 Å². The summed E-state index contributed by atoms with van der Waals surface area (Å²) in [6.45, 7) is 3.86. The Morgan fingerprint density at radius 1 is 1.00 bits per heavy atom. The molecule has 0 unspecified atom stereocenters. The average molecular weight is 335 g/mol. The molecule has 1 aliphatic rings. The molecule has 6 heteroatoms. The summed E-state index contributed by atoms with van der Waals surface area (Å²) in [5, 5.41) is 1.07. The molecule has 1 aromatic heterocycles. The van der Waals surface area contributed by atoms with Crippen molar-refractivity contribution in [2.24, 2.45) is 0 Å². The largest absolute Gasteiger partial charge is 0.463 e. The van der Waals surface area contributed by atoms with Crippen LogP contribution in [0.2, 0.25) is 0 Å². The van der Waals surface area contributed by atoms with Gasteiger partial charge in [-0.1, -0.05) is 17.2 Å². The summed E-state index contributed by atoms with van der Waals surface area (Å²) in [7, 11) is 0. The highest BCUT2D eigenvalue weighted by Gasteiger charge is 2.39. The highest BCUT2D eigenvalue weighted by Crippen LogP contribution is 2.27. The fraction of sp³-hybridized carbons (Fsp3) is 0.105. The molecule has 2 aromatic carbocycles. The van der Waals surface area contributed by atoms with Crippen molar-refractivity contribution in [3.8, 4) is 0 Å². The zero-order chi connectivity index (χ0) is 17.7. The summed E-state index contributed by atoms with van der Waals surface area (Å²) in [6.07, 6.45) is 1.27. The van der Waals surface area contributed by atoms with Crippen LogP contribution in [-0.4, -0.2) is 22.8 Å². The van der Waals surface area contributed by atoms with E-state index in [2.05, 4.69) is 0 Å². The van der Waals surface area contributed by atoms with Gasteiger partial charge in [0.2, 0.25) is 0 Å². The lowest BCUT2D eigenvalue weighted by Crippen LogP contribution is -2.32. The fourth-order valence-corrected chi connectivity index (χ4v) is 2.82. The Morgan fingerprint density at radius 3 is 2.24 bits per heavy atom. The third-order valence-electron chi connectivity index (χ3n) is 4.34. The van der Waals surface area contributed by atoms with Crippen molar-refractivity contribution in [1.82, 2.24) is 5.06 Å². The standard InChI is InChI=1S/C19H13NO5/c1-10-7-14-15(9-24-16(14)8-11(10)2)19(23)25-20-17(21)12-5-3-4-6-13(12)18(20)22/h3-9H,1-2H3. The predicted molar refractivity (Wildman–Crippen MR) is 88.0 cm³/mol. The van der Waals surface area contributed by atoms with Crippen LogP contribution in [0.1, 0.15) is 42.2 Å². The summed E-state index contributed by atoms with van der Waals surface area (Å²) in [5.74, 6) is -2.14. The van der Waals surface area contributed by atoms with E-state index < -0.39 is 17.8 Å². The first-order valence-electron chi connectivity index (χ1n) is 7.66. The second-order valence-electron chi connectivity index (χ2n) is 5.91. The molecule has 2 heterocycles. The Kier molecular flexibility index (Phi) is 3.21. The fourth-order valence-electron chi connectivity index (χ4n) is 2.82. The van der Waals surface area contributed by atoms with E-state index in [1.807, 2.05) is 26.0 Å². The summed E-state index contributed by atoms with van der Waals surface area (Å²) in [6, 6.07) is 9.95. The van der Waals surface area contributed by atoms with Gasteiger partial charge in [0.05, 0.1) is 11.1 Å². The first kappa shape index (κ1) is 15.1. The highest BCUT2D eigenvalue weighted by molar-refractivity contribution is 6.21. The minimum Gasteiger partial charge on any atom is -0.463 e. The van der Waals surface area contributed by atoms with Crippen molar-refractivity contribution in [3.63, 3.8) is 0 Å². The molecule has 124 valence electrons. The van der Waals surface area contributed by atoms with Gasteiger partial charge in [0.15, 0.2) is 0 Å². The number of hydrogen-bond donors (Lipinski definition) is 0. The third-order valence-corrected chi connectivity index (χ3v) is 4.34. The Morgan fingerprint density at radius 2 is 1.60 bits per heavy atom. The van der Waals surface area contributed by atoms with Gasteiger partial charge < -0.3 is 9.25 Å². The normalized spacial score (nSPS) is 13.4. The molecule has 2 amide bonds. The van der Waals surface area contributed by atoms with Crippen LogP contribution in [0.4, 0.5) is 0 Å². The SMILES string of the molecule is Cc1cc2occ(C(=O)ON3C(=O)c4ccccc4C3=O)c2cc1C. The van der Waals surface area contributed by atoms with Crippen molar-refractivity contribution in [1.29, 1.82) is 0 Å². The van der Waals surface area contributed by atoms with Crippen molar-refractivity contribution in [2.75, 3.05) is 0 Å². The van der Waals surface area contributed by atoms with E-state index in [0.717, 1.165) is 11.1 Å². The molecule has 0 N–H and O–H groups in total. The topological polar surface area (TPSA) is 76.8 Å². The van der Waals surface area contributed by atoms with Gasteiger partial charge in [0.1, 0.15) is 17.4 Å². The number of furan rings is 1. The monoisotopic (exact) mass is 335 g/mol. The van der Waals surface area contributed by atoms with Crippen molar-refractivity contribution in [2.45, 2.75) is 13.8 Å². The van der Waals surface area contributed by atoms with Crippen LogP contribution in [0.5, 0.6) is 0 Å². The number of aryl methyl sites for hydroxylation is 2. The molecule has 25 heavy (non-hydrogen) atoms. The van der Waals surface area contributed by atoms with Gasteiger partial charge >= 0.3 is 5.97 Å². The van der Waals surface area contributed by atoms with Crippen LogP contribution in [0.15, 0.2) is 47.1 Å². The van der Waals surface area contributed by atoms with E-state index in [-0.39, 0.29) is 16.7 Å². The Balaban J connectivity index is 1.67. The number of nitrogens with zero attached hydrogens (tertiary/aromatic N) is 1. The molecule has 0 fully saturated rings. The minimum atomic E-state index is -0.823. The number of hydroxylamine groups is 2. The van der Waals surface area contributed by atoms with Crippen molar-refractivity contribution in [3.05, 3.63) is 70.5 Å². The average Bonchev–Trinajstić information content (AvgIpc) is 3.10. The van der Waals surface area contributed by atoms with Gasteiger partial charge in [-0.25, -0.2) is 4.79 Å². The Hall–Kier alpha value is -3.41. The second kappa shape index (κ2) is 5.31. The van der Waals surface area contributed by atoms with Crippen LogP contribution in [0.3, 0.4) is 0 Å². The molecule has 0 saturated heterocycles. The number of rotatable bonds is 2. The van der Waals surface area contributed by atoms with Crippen LogP contribution in [0, 0.1) is 13.8 Å². The highest BCUT2D eigenvalue weighted by atomic mass is 16.7. The predicted octanol–water partition coefficient (Wildman–Crippen LogP) is 3.42. The van der Waals surface area contributed by atoms with E-state index in [9.17, 15) is 14.4 Å². The molecule has 0 spiro atoms. The van der Waals surface area contributed by atoms with Crippen LogP contribution >= 0.6 is 0 Å². The summed E-state index contributed by atoms with van der Waals surface area (Å²) in [5.41, 5.74) is 3.14. The lowest BCUT2D eigenvalue weighted by atomic mass is 10.1. The molecule has 3 aromatic rings. The molecule has 6 nitrogen and oxygen atoms in total. The first-order valence-corrected chi connectivity index (χ1v) is 7.66. The van der Waals surface area contributed by atoms with E-state index in [4.69, 9.17) is 9.25 Å². The number of fused-ring (bicyclic) bond motifs is 2. The zero-order valence-corrected chi connectivity index (χ0v) is 13.5. The molecule has 0 bridgehead atoms. The number of benzene rings is 2. The molecule has 0 atom stereocenters. The lowest BCUT2D eigenvalue weighted by molar-refractivity contribution is -0.0583. The zero-order valence-electron chi connectivity index (χ0n) is 13.5. The van der Waals surface area contributed by atoms with E-state index in [1.165, 1.54) is 18.4 Å². The van der Waals surface area contributed by atoms with Gasteiger partial charge in [-0.05, 0) is 49.2 Å². The Bertz CT molecular complexity index is 1030. The first-order chi connectivity index (χ1) is 12.0. The number of carbonyl (C=O) groups excluding carboxylic acids is 3. The number of imide groups is 1. The van der Waals surface area contributed by atoms with Gasteiger partial charge in [0, 0.05) is 5.39 Å². The van der Waals surface area contributed by atoms with E-state index in [1.54, 1.807) is 12.1 Å². The minimum absolute atomic E-state index is 0.162. The maximum atomic E-state index is 12.5.